The highest BCUT2D eigenvalue weighted by molar-refractivity contribution is 6.30. The lowest BCUT2D eigenvalue weighted by Crippen LogP contribution is -2.25. The van der Waals surface area contributed by atoms with Crippen LogP contribution in [0.4, 0.5) is 0 Å². The number of carbonyl (C=O) groups is 1. The summed E-state index contributed by atoms with van der Waals surface area (Å²) in [6.45, 7) is 9.14. The van der Waals surface area contributed by atoms with Crippen molar-refractivity contribution < 1.29 is 14.6 Å². The summed E-state index contributed by atoms with van der Waals surface area (Å²) in [6.07, 6.45) is -0.960. The lowest BCUT2D eigenvalue weighted by atomic mass is 9.89. The van der Waals surface area contributed by atoms with Crippen molar-refractivity contribution in [1.29, 1.82) is 0 Å². The number of ether oxygens (including phenoxy) is 1. The molecule has 0 spiro atoms. The van der Waals surface area contributed by atoms with E-state index >= 15 is 0 Å². The van der Waals surface area contributed by atoms with Crippen molar-refractivity contribution in [3.63, 3.8) is 0 Å². The second kappa shape index (κ2) is 8.13. The molecule has 1 N–H and O–H groups in total. The molecule has 1 unspecified atom stereocenters. The van der Waals surface area contributed by atoms with Crippen LogP contribution in [-0.4, -0.2) is 22.7 Å². The smallest absolute Gasteiger partial charge is 0.311 e. The fourth-order valence-corrected chi connectivity index (χ4v) is 3.46. The number of hydrogen-bond acceptors (Lipinski definition) is 4. The molecule has 0 aliphatic carbocycles. The highest BCUT2D eigenvalue weighted by Crippen LogP contribution is 2.38. The molecular weight excluding hydrogens is 386 g/mol. The van der Waals surface area contributed by atoms with Gasteiger partial charge in [-0.2, -0.15) is 0 Å². The summed E-state index contributed by atoms with van der Waals surface area (Å²) < 4.78 is 5.39. The fraction of sp³-hybridized carbons (Fsp3) is 0.333. The maximum absolute atomic E-state index is 12.2. The minimum atomic E-state index is -0.960. The standard InChI is InChI=1S/C24H26ClNO3/c1-14-12-19-18(11-6-15(2)26-19)22(16-7-9-17(25)10-8-16)21(14)20(27)13-29-23(28)24(3,4)5/h6-12,20,27H,13H2,1-5H3. The summed E-state index contributed by atoms with van der Waals surface area (Å²) in [5.74, 6) is -0.347. The van der Waals surface area contributed by atoms with Crippen molar-refractivity contribution in [1.82, 2.24) is 4.98 Å². The van der Waals surface area contributed by atoms with Gasteiger partial charge in [0.15, 0.2) is 0 Å². The molecule has 0 aliphatic rings. The van der Waals surface area contributed by atoms with E-state index in [1.165, 1.54) is 0 Å². The van der Waals surface area contributed by atoms with Gasteiger partial charge in [0.1, 0.15) is 12.7 Å². The number of benzene rings is 2. The zero-order valence-electron chi connectivity index (χ0n) is 17.4. The van der Waals surface area contributed by atoms with Crippen molar-refractivity contribution in [2.45, 2.75) is 40.7 Å². The van der Waals surface area contributed by atoms with Gasteiger partial charge in [0.25, 0.3) is 0 Å². The van der Waals surface area contributed by atoms with E-state index in [0.717, 1.165) is 38.9 Å². The third-order valence-electron chi connectivity index (χ3n) is 4.83. The number of nitrogens with zero attached hydrogens (tertiary/aromatic N) is 1. The van der Waals surface area contributed by atoms with Gasteiger partial charge in [0, 0.05) is 16.1 Å². The predicted molar refractivity (Wildman–Crippen MR) is 117 cm³/mol. The molecule has 152 valence electrons. The summed E-state index contributed by atoms with van der Waals surface area (Å²) in [5.41, 5.74) is 4.57. The van der Waals surface area contributed by atoms with Crippen LogP contribution in [0.2, 0.25) is 5.02 Å². The molecule has 29 heavy (non-hydrogen) atoms. The second-order valence-electron chi connectivity index (χ2n) is 8.37. The molecule has 0 saturated heterocycles. The van der Waals surface area contributed by atoms with Gasteiger partial charge >= 0.3 is 5.97 Å². The average Bonchev–Trinajstić information content (AvgIpc) is 2.64. The Hall–Kier alpha value is -2.43. The minimum Gasteiger partial charge on any atom is -0.462 e. The third kappa shape index (κ3) is 4.60. The van der Waals surface area contributed by atoms with E-state index in [9.17, 15) is 9.90 Å². The topological polar surface area (TPSA) is 59.4 Å². The maximum Gasteiger partial charge on any atom is 0.311 e. The minimum absolute atomic E-state index is 0.109. The van der Waals surface area contributed by atoms with E-state index in [0.29, 0.717) is 5.02 Å². The first-order valence-electron chi connectivity index (χ1n) is 9.60. The van der Waals surface area contributed by atoms with E-state index < -0.39 is 11.5 Å². The van der Waals surface area contributed by atoms with Crippen molar-refractivity contribution in [2.24, 2.45) is 5.41 Å². The lowest BCUT2D eigenvalue weighted by molar-refractivity contribution is -0.156. The number of aliphatic hydroxyl groups excluding tert-OH is 1. The number of aryl methyl sites for hydroxylation is 2. The Kier molecular flexibility index (Phi) is 5.97. The van der Waals surface area contributed by atoms with Gasteiger partial charge in [-0.05, 0) is 81.1 Å². The van der Waals surface area contributed by atoms with E-state index in [4.69, 9.17) is 16.3 Å². The molecule has 0 aliphatic heterocycles. The molecule has 4 nitrogen and oxygen atoms in total. The Morgan fingerprint density at radius 1 is 1.14 bits per heavy atom. The number of rotatable bonds is 4. The van der Waals surface area contributed by atoms with Crippen molar-refractivity contribution in [2.75, 3.05) is 6.61 Å². The van der Waals surface area contributed by atoms with Gasteiger partial charge in [-0.1, -0.05) is 29.8 Å². The molecule has 3 aromatic rings. The highest BCUT2D eigenvalue weighted by Gasteiger charge is 2.26. The second-order valence-corrected chi connectivity index (χ2v) is 8.81. The molecule has 3 rings (SSSR count). The Morgan fingerprint density at radius 3 is 2.41 bits per heavy atom. The molecule has 0 bridgehead atoms. The van der Waals surface area contributed by atoms with Crippen molar-refractivity contribution in [3.8, 4) is 11.1 Å². The Morgan fingerprint density at radius 2 is 1.79 bits per heavy atom. The number of hydrogen-bond donors (Lipinski definition) is 1. The van der Waals surface area contributed by atoms with Crippen LogP contribution in [0.1, 0.15) is 43.7 Å². The molecule has 0 amide bonds. The summed E-state index contributed by atoms with van der Waals surface area (Å²) >= 11 is 6.08. The molecule has 0 radical (unpaired) electrons. The molecule has 1 heterocycles. The van der Waals surface area contributed by atoms with Gasteiger partial charge in [-0.15, -0.1) is 0 Å². The number of halogens is 1. The van der Waals surface area contributed by atoms with Gasteiger partial charge < -0.3 is 9.84 Å². The number of pyridine rings is 1. The molecule has 1 aromatic heterocycles. The molecule has 0 saturated carbocycles. The summed E-state index contributed by atoms with van der Waals surface area (Å²) in [4.78, 5) is 16.8. The van der Waals surface area contributed by atoms with Gasteiger partial charge in [-0.3, -0.25) is 9.78 Å². The van der Waals surface area contributed by atoms with Crippen LogP contribution in [0.3, 0.4) is 0 Å². The average molecular weight is 412 g/mol. The van der Waals surface area contributed by atoms with Crippen LogP contribution >= 0.6 is 11.6 Å². The number of aromatic nitrogens is 1. The number of esters is 1. The van der Waals surface area contributed by atoms with E-state index in [-0.39, 0.29) is 12.6 Å². The van der Waals surface area contributed by atoms with Crippen LogP contribution < -0.4 is 0 Å². The maximum atomic E-state index is 12.2. The molecular formula is C24H26ClNO3. The normalized spacial score (nSPS) is 12.8. The zero-order valence-corrected chi connectivity index (χ0v) is 18.2. The summed E-state index contributed by atoms with van der Waals surface area (Å²) in [5, 5.41) is 12.6. The number of fused-ring (bicyclic) bond motifs is 1. The largest absolute Gasteiger partial charge is 0.462 e. The van der Waals surface area contributed by atoms with Gasteiger partial charge in [-0.25, -0.2) is 0 Å². The quantitative estimate of drug-likeness (QED) is 0.551. The summed E-state index contributed by atoms with van der Waals surface area (Å²) in [6, 6.07) is 13.4. The Balaban J connectivity index is 2.14. The third-order valence-corrected chi connectivity index (χ3v) is 5.08. The fourth-order valence-electron chi connectivity index (χ4n) is 3.33. The van der Waals surface area contributed by atoms with Crippen LogP contribution in [0.5, 0.6) is 0 Å². The first kappa shape index (κ1) is 21.3. The van der Waals surface area contributed by atoms with Gasteiger partial charge in [0.2, 0.25) is 0 Å². The van der Waals surface area contributed by atoms with Crippen LogP contribution in [0.15, 0.2) is 42.5 Å². The molecule has 1 atom stereocenters. The zero-order chi connectivity index (χ0) is 21.3. The van der Waals surface area contributed by atoms with Crippen LogP contribution in [-0.2, 0) is 9.53 Å². The van der Waals surface area contributed by atoms with Gasteiger partial charge in [0.05, 0.1) is 10.9 Å². The number of carbonyl (C=O) groups excluding carboxylic acids is 1. The molecule has 5 heteroatoms. The first-order valence-corrected chi connectivity index (χ1v) is 9.98. The monoisotopic (exact) mass is 411 g/mol. The Labute approximate surface area is 176 Å². The van der Waals surface area contributed by atoms with Crippen molar-refractivity contribution in [3.05, 3.63) is 64.3 Å². The summed E-state index contributed by atoms with van der Waals surface area (Å²) in [7, 11) is 0. The van der Waals surface area contributed by atoms with E-state index in [2.05, 4.69) is 4.98 Å². The van der Waals surface area contributed by atoms with Crippen molar-refractivity contribution >= 4 is 28.5 Å². The Bertz CT molecular complexity index is 1050. The molecule has 2 aromatic carbocycles. The SMILES string of the molecule is Cc1ccc2c(-c3ccc(Cl)cc3)c(C(O)COC(=O)C(C)(C)C)c(C)cc2n1. The lowest BCUT2D eigenvalue weighted by Gasteiger charge is -2.23. The van der Waals surface area contributed by atoms with Crippen LogP contribution in [0, 0.1) is 19.3 Å². The van der Waals surface area contributed by atoms with E-state index in [1.807, 2.05) is 56.3 Å². The predicted octanol–water partition coefficient (Wildman–Crippen LogP) is 5.79. The highest BCUT2D eigenvalue weighted by atomic mass is 35.5. The van der Waals surface area contributed by atoms with E-state index in [1.54, 1.807) is 20.8 Å². The first-order chi connectivity index (χ1) is 13.6. The number of aliphatic hydroxyl groups is 1. The van der Waals surface area contributed by atoms with Crippen LogP contribution in [0.25, 0.3) is 22.0 Å². The molecule has 0 fully saturated rings.